The van der Waals surface area contributed by atoms with Crippen molar-refractivity contribution < 1.29 is 9.59 Å². The SMILES string of the molecule is Cc1cnc(Nc2cccc(N(C)C(=O)c3ccc(NC(=O)/C=C/CN(C)C)cc3)c2)nc1-c1c[nH]c2ccccc12. The third-order valence-electron chi connectivity index (χ3n) is 6.75. The molecule has 2 amide bonds. The number of likely N-dealkylation sites (N-methyl/N-ethyl adjacent to an activating group) is 1. The van der Waals surface area contributed by atoms with E-state index in [2.05, 4.69) is 26.7 Å². The molecule has 0 bridgehead atoms. The van der Waals surface area contributed by atoms with E-state index < -0.39 is 0 Å². The number of anilines is 4. The number of rotatable bonds is 9. The summed E-state index contributed by atoms with van der Waals surface area (Å²) in [5.41, 5.74) is 6.45. The highest BCUT2D eigenvalue weighted by atomic mass is 16.2. The molecule has 0 aliphatic heterocycles. The molecule has 9 heteroatoms. The quantitative estimate of drug-likeness (QED) is 0.191. The summed E-state index contributed by atoms with van der Waals surface area (Å²) in [6.07, 6.45) is 7.06. The van der Waals surface area contributed by atoms with Crippen LogP contribution >= 0.6 is 0 Å². The number of aromatic amines is 1. The smallest absolute Gasteiger partial charge is 0.258 e. The first-order valence-electron chi connectivity index (χ1n) is 13.6. The van der Waals surface area contributed by atoms with Gasteiger partial charge >= 0.3 is 0 Å². The Morgan fingerprint density at radius 2 is 1.74 bits per heavy atom. The Balaban J connectivity index is 1.28. The van der Waals surface area contributed by atoms with E-state index in [0.717, 1.165) is 33.4 Å². The molecule has 0 radical (unpaired) electrons. The van der Waals surface area contributed by atoms with Crippen LogP contribution in [0.1, 0.15) is 15.9 Å². The van der Waals surface area contributed by atoms with E-state index in [4.69, 9.17) is 4.98 Å². The molecular weight excluding hydrogens is 526 g/mol. The zero-order valence-corrected chi connectivity index (χ0v) is 24.1. The molecular formula is C33H33N7O2. The third kappa shape index (κ3) is 6.54. The summed E-state index contributed by atoms with van der Waals surface area (Å²) < 4.78 is 0. The Hall–Kier alpha value is -5.28. The number of carbonyl (C=O) groups is 2. The van der Waals surface area contributed by atoms with Crippen molar-refractivity contribution in [3.05, 3.63) is 108 Å². The Labute approximate surface area is 244 Å². The average Bonchev–Trinajstić information content (AvgIpc) is 3.42. The molecule has 0 aliphatic carbocycles. The van der Waals surface area contributed by atoms with Crippen LogP contribution < -0.4 is 15.5 Å². The van der Waals surface area contributed by atoms with Crippen LogP contribution in [-0.2, 0) is 4.79 Å². The first-order chi connectivity index (χ1) is 20.3. The Morgan fingerprint density at radius 1 is 0.952 bits per heavy atom. The van der Waals surface area contributed by atoms with Crippen molar-refractivity contribution in [2.75, 3.05) is 43.2 Å². The standard InChI is InChI=1S/C33H33N7O2/c1-22-20-35-33(38-31(22)28-21-34-29-12-6-5-11-27(28)29)37-25-9-7-10-26(19-25)40(4)32(42)23-14-16-24(17-15-23)36-30(41)13-8-18-39(2)3/h5-17,19-21,34H,18H2,1-4H3,(H,36,41)(H,35,37,38)/b13-8+. The zero-order chi connectivity index (χ0) is 29.6. The molecule has 5 rings (SSSR count). The first-order valence-corrected chi connectivity index (χ1v) is 13.6. The molecule has 0 saturated heterocycles. The number of benzene rings is 3. The van der Waals surface area contributed by atoms with Crippen LogP contribution in [0.5, 0.6) is 0 Å². The van der Waals surface area contributed by atoms with E-state index in [9.17, 15) is 9.59 Å². The minimum absolute atomic E-state index is 0.177. The van der Waals surface area contributed by atoms with E-state index in [1.807, 2.05) is 74.6 Å². The van der Waals surface area contributed by atoms with Gasteiger partial charge in [0.2, 0.25) is 11.9 Å². The second-order valence-corrected chi connectivity index (χ2v) is 10.2. The van der Waals surface area contributed by atoms with Crippen LogP contribution in [-0.4, -0.2) is 59.4 Å². The van der Waals surface area contributed by atoms with Gasteiger partial charge in [0.25, 0.3) is 5.91 Å². The molecule has 42 heavy (non-hydrogen) atoms. The van der Waals surface area contributed by atoms with E-state index in [0.29, 0.717) is 29.4 Å². The van der Waals surface area contributed by atoms with Crippen molar-refractivity contribution in [1.82, 2.24) is 19.9 Å². The minimum atomic E-state index is -0.219. The summed E-state index contributed by atoms with van der Waals surface area (Å²) >= 11 is 0. The molecule has 9 nitrogen and oxygen atoms in total. The lowest BCUT2D eigenvalue weighted by molar-refractivity contribution is -0.111. The Bertz CT molecular complexity index is 1760. The number of nitrogens with zero attached hydrogens (tertiary/aromatic N) is 4. The highest BCUT2D eigenvalue weighted by Gasteiger charge is 2.15. The van der Waals surface area contributed by atoms with Crippen molar-refractivity contribution in [3.63, 3.8) is 0 Å². The number of H-pyrrole nitrogens is 1. The number of aromatic nitrogens is 3. The normalized spacial score (nSPS) is 11.3. The monoisotopic (exact) mass is 559 g/mol. The van der Waals surface area contributed by atoms with Crippen molar-refractivity contribution in [2.45, 2.75) is 6.92 Å². The maximum atomic E-state index is 13.2. The van der Waals surface area contributed by atoms with Gasteiger partial charge in [0.1, 0.15) is 0 Å². The number of amides is 2. The van der Waals surface area contributed by atoms with Crippen molar-refractivity contribution in [2.24, 2.45) is 0 Å². The maximum absolute atomic E-state index is 13.2. The summed E-state index contributed by atoms with van der Waals surface area (Å²) in [4.78, 5) is 41.5. The lowest BCUT2D eigenvalue weighted by atomic mass is 10.1. The fourth-order valence-corrected chi connectivity index (χ4v) is 4.53. The molecule has 0 aliphatic rings. The van der Waals surface area contributed by atoms with E-state index >= 15 is 0 Å². The molecule has 0 unspecified atom stereocenters. The largest absolute Gasteiger partial charge is 0.360 e. The summed E-state index contributed by atoms with van der Waals surface area (Å²) in [6, 6.07) is 22.5. The van der Waals surface area contributed by atoms with Crippen LogP contribution in [0, 0.1) is 6.92 Å². The van der Waals surface area contributed by atoms with Crippen LogP contribution in [0.3, 0.4) is 0 Å². The topological polar surface area (TPSA) is 106 Å². The Morgan fingerprint density at radius 3 is 2.52 bits per heavy atom. The lowest BCUT2D eigenvalue weighted by Crippen LogP contribution is -2.26. The second-order valence-electron chi connectivity index (χ2n) is 10.2. The van der Waals surface area contributed by atoms with E-state index in [-0.39, 0.29) is 11.8 Å². The van der Waals surface area contributed by atoms with Crippen molar-refractivity contribution in [3.8, 4) is 11.3 Å². The maximum Gasteiger partial charge on any atom is 0.258 e. The van der Waals surface area contributed by atoms with Gasteiger partial charge in [-0.1, -0.05) is 30.3 Å². The first kappa shape index (κ1) is 28.3. The number of nitrogens with one attached hydrogen (secondary N) is 3. The predicted octanol–water partition coefficient (Wildman–Crippen LogP) is 6.01. The van der Waals surface area contributed by atoms with Gasteiger partial charge in [-0.2, -0.15) is 0 Å². The molecule has 3 N–H and O–H groups in total. The summed E-state index contributed by atoms with van der Waals surface area (Å²) in [5, 5.41) is 7.19. The number of para-hydroxylation sites is 1. The lowest BCUT2D eigenvalue weighted by Gasteiger charge is -2.19. The predicted molar refractivity (Wildman–Crippen MR) is 169 cm³/mol. The zero-order valence-electron chi connectivity index (χ0n) is 24.1. The van der Waals surface area contributed by atoms with Gasteiger partial charge < -0.3 is 25.4 Å². The average molecular weight is 560 g/mol. The minimum Gasteiger partial charge on any atom is -0.360 e. The van der Waals surface area contributed by atoms with Gasteiger partial charge in [0.05, 0.1) is 5.69 Å². The molecule has 3 aromatic carbocycles. The fourth-order valence-electron chi connectivity index (χ4n) is 4.53. The fraction of sp³-hybridized carbons (Fsp3) is 0.152. The summed E-state index contributed by atoms with van der Waals surface area (Å²) in [7, 11) is 5.59. The van der Waals surface area contributed by atoms with Crippen LogP contribution in [0.2, 0.25) is 0 Å². The van der Waals surface area contributed by atoms with Gasteiger partial charge in [0.15, 0.2) is 0 Å². The highest BCUT2D eigenvalue weighted by molar-refractivity contribution is 6.06. The van der Waals surface area contributed by atoms with Crippen LogP contribution in [0.4, 0.5) is 23.0 Å². The number of hydrogen-bond acceptors (Lipinski definition) is 6. The number of fused-ring (bicyclic) bond motifs is 1. The van der Waals surface area contributed by atoms with Crippen LogP contribution in [0.15, 0.2) is 97.3 Å². The van der Waals surface area contributed by atoms with Gasteiger partial charge in [-0.05, 0) is 75.1 Å². The van der Waals surface area contributed by atoms with E-state index in [1.165, 1.54) is 6.08 Å². The second kappa shape index (κ2) is 12.5. The number of carbonyl (C=O) groups excluding carboxylic acids is 2. The summed E-state index contributed by atoms with van der Waals surface area (Å²) in [5.74, 6) is 0.0637. The van der Waals surface area contributed by atoms with Gasteiger partial charge in [-0.15, -0.1) is 0 Å². The van der Waals surface area contributed by atoms with Crippen molar-refractivity contribution >= 4 is 45.7 Å². The molecule has 0 spiro atoms. The molecule has 2 heterocycles. The molecule has 5 aromatic rings. The third-order valence-corrected chi connectivity index (χ3v) is 6.75. The van der Waals surface area contributed by atoms with Gasteiger partial charge in [0, 0.05) is 71.2 Å². The van der Waals surface area contributed by atoms with Gasteiger partial charge in [-0.25, -0.2) is 9.97 Å². The molecule has 0 atom stereocenters. The van der Waals surface area contributed by atoms with Gasteiger partial charge in [-0.3, -0.25) is 9.59 Å². The molecule has 212 valence electrons. The highest BCUT2D eigenvalue weighted by Crippen LogP contribution is 2.30. The Kier molecular flexibility index (Phi) is 8.40. The number of aryl methyl sites for hydroxylation is 1. The molecule has 0 fully saturated rings. The van der Waals surface area contributed by atoms with Crippen LogP contribution in [0.25, 0.3) is 22.2 Å². The number of hydrogen-bond donors (Lipinski definition) is 3. The molecule has 2 aromatic heterocycles. The summed E-state index contributed by atoms with van der Waals surface area (Å²) in [6.45, 7) is 2.67. The van der Waals surface area contributed by atoms with Crippen molar-refractivity contribution in [1.29, 1.82) is 0 Å². The van der Waals surface area contributed by atoms with E-state index in [1.54, 1.807) is 48.5 Å². The molecule has 0 saturated carbocycles.